The third-order valence-corrected chi connectivity index (χ3v) is 6.40. The number of aryl methyl sites for hydroxylation is 2. The lowest BCUT2D eigenvalue weighted by molar-refractivity contribution is -0.122. The van der Waals surface area contributed by atoms with Gasteiger partial charge in [0.1, 0.15) is 11.5 Å². The molecule has 0 bridgehead atoms. The molecular formula is C26H35NO3. The number of hydrogen-bond donors (Lipinski definition) is 1. The van der Waals surface area contributed by atoms with E-state index in [4.69, 9.17) is 9.47 Å². The lowest BCUT2D eigenvalue weighted by atomic mass is 9.68. The van der Waals surface area contributed by atoms with Gasteiger partial charge in [0, 0.05) is 5.69 Å². The quantitative estimate of drug-likeness (QED) is 0.581. The molecule has 1 fully saturated rings. The molecule has 1 aliphatic rings. The average molecular weight is 410 g/mol. The Morgan fingerprint density at radius 3 is 2.20 bits per heavy atom. The van der Waals surface area contributed by atoms with Gasteiger partial charge in [-0.05, 0) is 81.0 Å². The summed E-state index contributed by atoms with van der Waals surface area (Å²) in [4.78, 5) is 13.6. The number of anilines is 1. The van der Waals surface area contributed by atoms with E-state index in [9.17, 15) is 4.79 Å². The molecule has 1 unspecified atom stereocenters. The highest BCUT2D eigenvalue weighted by Gasteiger charge is 2.41. The van der Waals surface area contributed by atoms with E-state index in [0.717, 1.165) is 66.0 Å². The molecule has 3 rings (SSSR count). The van der Waals surface area contributed by atoms with Crippen LogP contribution in [0.25, 0.3) is 0 Å². The predicted molar refractivity (Wildman–Crippen MR) is 123 cm³/mol. The van der Waals surface area contributed by atoms with Crippen molar-refractivity contribution < 1.29 is 14.3 Å². The number of ether oxygens (including phenoxy) is 2. The monoisotopic (exact) mass is 409 g/mol. The van der Waals surface area contributed by atoms with Crippen molar-refractivity contribution in [3.8, 4) is 11.5 Å². The zero-order chi connectivity index (χ0) is 21.7. The summed E-state index contributed by atoms with van der Waals surface area (Å²) in [5.74, 6) is 1.82. The highest BCUT2D eigenvalue weighted by Crippen LogP contribution is 2.41. The Morgan fingerprint density at radius 1 is 1.07 bits per heavy atom. The molecule has 4 heteroatoms. The van der Waals surface area contributed by atoms with Crippen LogP contribution in [0.5, 0.6) is 11.5 Å². The number of benzene rings is 2. The molecule has 0 saturated heterocycles. The molecule has 0 aromatic heterocycles. The van der Waals surface area contributed by atoms with Crippen molar-refractivity contribution in [3.63, 3.8) is 0 Å². The van der Waals surface area contributed by atoms with Gasteiger partial charge in [-0.2, -0.15) is 0 Å². The van der Waals surface area contributed by atoms with E-state index < -0.39 is 5.41 Å². The molecule has 0 aliphatic heterocycles. The molecule has 0 heterocycles. The van der Waals surface area contributed by atoms with Gasteiger partial charge in [-0.3, -0.25) is 4.79 Å². The fourth-order valence-electron chi connectivity index (χ4n) is 4.46. The normalized spacial score (nSPS) is 16.6. The minimum Gasteiger partial charge on any atom is -0.497 e. The van der Waals surface area contributed by atoms with E-state index in [1.54, 1.807) is 7.11 Å². The molecule has 1 aliphatic carbocycles. The first-order valence-electron chi connectivity index (χ1n) is 11.1. The van der Waals surface area contributed by atoms with Gasteiger partial charge in [-0.15, -0.1) is 0 Å². The molecular weight excluding hydrogens is 374 g/mol. The lowest BCUT2D eigenvalue weighted by Gasteiger charge is -2.36. The maximum atomic E-state index is 13.6. The standard InChI is InChI=1S/C26H35NO3/c1-6-20(4)30-24-18(2)16-22(17-19(24)3)27-25(28)26(14-8-7-9-15-26)21-10-12-23(29-5)13-11-21/h10-13,16-17,20H,6-9,14-15H2,1-5H3,(H,27,28). The van der Waals surface area contributed by atoms with Crippen LogP contribution in [0.3, 0.4) is 0 Å². The minimum atomic E-state index is -0.488. The van der Waals surface area contributed by atoms with Crippen molar-refractivity contribution in [1.29, 1.82) is 0 Å². The summed E-state index contributed by atoms with van der Waals surface area (Å²) in [5, 5.41) is 3.23. The number of rotatable bonds is 7. The van der Waals surface area contributed by atoms with Gasteiger partial charge in [0.2, 0.25) is 5.91 Å². The summed E-state index contributed by atoms with van der Waals surface area (Å²) in [6.45, 7) is 8.28. The molecule has 0 spiro atoms. The van der Waals surface area contributed by atoms with Gasteiger partial charge >= 0.3 is 0 Å². The molecule has 30 heavy (non-hydrogen) atoms. The van der Waals surface area contributed by atoms with E-state index in [0.29, 0.717) is 0 Å². The second-order valence-corrected chi connectivity index (χ2v) is 8.60. The summed E-state index contributed by atoms with van der Waals surface area (Å²) in [6.07, 6.45) is 6.20. The molecule has 0 radical (unpaired) electrons. The number of hydrogen-bond acceptors (Lipinski definition) is 3. The number of carbonyl (C=O) groups excluding carboxylic acids is 1. The molecule has 2 aromatic rings. The summed E-state index contributed by atoms with van der Waals surface area (Å²) in [7, 11) is 1.66. The van der Waals surface area contributed by atoms with Crippen LogP contribution in [0.4, 0.5) is 5.69 Å². The molecule has 1 saturated carbocycles. The molecule has 162 valence electrons. The first-order chi connectivity index (χ1) is 14.4. The van der Waals surface area contributed by atoms with Crippen molar-refractivity contribution in [2.75, 3.05) is 12.4 Å². The molecule has 2 aromatic carbocycles. The maximum Gasteiger partial charge on any atom is 0.235 e. The Labute approximate surface area is 181 Å². The van der Waals surface area contributed by atoms with Crippen LogP contribution in [0.2, 0.25) is 0 Å². The fourth-order valence-corrected chi connectivity index (χ4v) is 4.46. The third-order valence-electron chi connectivity index (χ3n) is 6.40. The topological polar surface area (TPSA) is 47.6 Å². The average Bonchev–Trinajstić information content (AvgIpc) is 2.76. The predicted octanol–water partition coefficient (Wildman–Crippen LogP) is 6.33. The Morgan fingerprint density at radius 2 is 1.67 bits per heavy atom. The van der Waals surface area contributed by atoms with Crippen molar-refractivity contribution in [1.82, 2.24) is 0 Å². The molecule has 4 nitrogen and oxygen atoms in total. The second-order valence-electron chi connectivity index (χ2n) is 8.60. The zero-order valence-corrected chi connectivity index (χ0v) is 19.0. The maximum absolute atomic E-state index is 13.6. The van der Waals surface area contributed by atoms with E-state index in [1.165, 1.54) is 6.42 Å². The van der Waals surface area contributed by atoms with Crippen LogP contribution >= 0.6 is 0 Å². The Bertz CT molecular complexity index is 843. The lowest BCUT2D eigenvalue weighted by Crippen LogP contribution is -2.42. The third kappa shape index (κ3) is 4.63. The van der Waals surface area contributed by atoms with E-state index >= 15 is 0 Å². The Kier molecular flexibility index (Phi) is 7.06. The van der Waals surface area contributed by atoms with Gasteiger partial charge in [-0.1, -0.05) is 38.3 Å². The smallest absolute Gasteiger partial charge is 0.235 e. The van der Waals surface area contributed by atoms with Crippen LogP contribution in [0.15, 0.2) is 36.4 Å². The summed E-state index contributed by atoms with van der Waals surface area (Å²) in [6, 6.07) is 12.0. The Hall–Kier alpha value is -2.49. The molecule has 1 N–H and O–H groups in total. The van der Waals surface area contributed by atoms with Crippen LogP contribution in [-0.2, 0) is 10.2 Å². The Balaban J connectivity index is 1.87. The number of amides is 1. The summed E-state index contributed by atoms with van der Waals surface area (Å²) < 4.78 is 11.4. The van der Waals surface area contributed by atoms with E-state index in [2.05, 4.69) is 19.2 Å². The number of carbonyl (C=O) groups is 1. The highest BCUT2D eigenvalue weighted by atomic mass is 16.5. The zero-order valence-electron chi connectivity index (χ0n) is 19.0. The largest absolute Gasteiger partial charge is 0.497 e. The van der Waals surface area contributed by atoms with Gasteiger partial charge in [0.25, 0.3) is 0 Å². The molecule has 1 atom stereocenters. The van der Waals surface area contributed by atoms with Crippen LogP contribution in [0, 0.1) is 13.8 Å². The fraction of sp³-hybridized carbons (Fsp3) is 0.500. The number of nitrogens with one attached hydrogen (secondary N) is 1. The van der Waals surface area contributed by atoms with Crippen LogP contribution in [0.1, 0.15) is 69.1 Å². The highest BCUT2D eigenvalue weighted by molar-refractivity contribution is 5.99. The van der Waals surface area contributed by atoms with Gasteiger partial charge in [0.15, 0.2) is 0 Å². The van der Waals surface area contributed by atoms with Crippen molar-refractivity contribution in [2.45, 2.75) is 77.7 Å². The van der Waals surface area contributed by atoms with Gasteiger partial charge in [0.05, 0.1) is 18.6 Å². The van der Waals surface area contributed by atoms with Crippen molar-refractivity contribution >= 4 is 11.6 Å². The van der Waals surface area contributed by atoms with Crippen LogP contribution < -0.4 is 14.8 Å². The van der Waals surface area contributed by atoms with Gasteiger partial charge in [-0.25, -0.2) is 0 Å². The van der Waals surface area contributed by atoms with E-state index in [1.807, 2.05) is 50.2 Å². The van der Waals surface area contributed by atoms with Crippen LogP contribution in [-0.4, -0.2) is 19.1 Å². The summed E-state index contributed by atoms with van der Waals surface area (Å²) >= 11 is 0. The van der Waals surface area contributed by atoms with E-state index in [-0.39, 0.29) is 12.0 Å². The minimum absolute atomic E-state index is 0.0850. The van der Waals surface area contributed by atoms with Crippen molar-refractivity contribution in [2.24, 2.45) is 0 Å². The number of methoxy groups -OCH3 is 1. The SMILES string of the molecule is CCC(C)Oc1c(C)cc(NC(=O)C2(c3ccc(OC)cc3)CCCCC2)cc1C. The van der Waals surface area contributed by atoms with Gasteiger partial charge < -0.3 is 14.8 Å². The first-order valence-corrected chi connectivity index (χ1v) is 11.1. The second kappa shape index (κ2) is 9.55. The van der Waals surface area contributed by atoms with Crippen molar-refractivity contribution in [3.05, 3.63) is 53.1 Å². The summed E-state index contributed by atoms with van der Waals surface area (Å²) in [5.41, 5.74) is 3.52. The molecule has 1 amide bonds. The first kappa shape index (κ1) is 22.2.